The highest BCUT2D eigenvalue weighted by atomic mass is 32.2. The average Bonchev–Trinajstić information content (AvgIpc) is 2.98. The Morgan fingerprint density at radius 3 is 2.21 bits per heavy atom. The van der Waals surface area contributed by atoms with Gasteiger partial charge in [-0.15, -0.1) is 0 Å². The van der Waals surface area contributed by atoms with Crippen LogP contribution >= 0.6 is 0 Å². The minimum absolute atomic E-state index is 0.0385. The van der Waals surface area contributed by atoms with Gasteiger partial charge in [-0.1, -0.05) is 49.7 Å². The Balaban J connectivity index is 2.13. The average molecular weight is 596 g/mol. The van der Waals surface area contributed by atoms with Gasteiger partial charge in [0.1, 0.15) is 24.1 Å². The third-order valence-electron chi connectivity index (χ3n) is 6.91. The number of anilines is 1. The van der Waals surface area contributed by atoms with E-state index in [4.69, 9.17) is 9.47 Å². The van der Waals surface area contributed by atoms with Gasteiger partial charge in [0.15, 0.2) is 0 Å². The van der Waals surface area contributed by atoms with Crippen LogP contribution in [0.4, 0.5) is 5.69 Å². The van der Waals surface area contributed by atoms with Crippen molar-refractivity contribution in [3.8, 4) is 11.5 Å². The second kappa shape index (κ2) is 14.7. The Labute approximate surface area is 249 Å². The highest BCUT2D eigenvalue weighted by Gasteiger charge is 2.34. The molecule has 3 aromatic rings. The van der Waals surface area contributed by atoms with Crippen LogP contribution in [-0.4, -0.2) is 58.5 Å². The molecule has 0 aliphatic heterocycles. The number of hydrogen-bond donors (Lipinski definition) is 1. The van der Waals surface area contributed by atoms with Gasteiger partial charge in [-0.3, -0.25) is 13.9 Å². The topological polar surface area (TPSA) is 105 Å². The summed E-state index contributed by atoms with van der Waals surface area (Å²) < 4.78 is 40.3. The van der Waals surface area contributed by atoms with Gasteiger partial charge in [0.05, 0.1) is 24.8 Å². The van der Waals surface area contributed by atoms with E-state index in [0.717, 1.165) is 27.4 Å². The number of rotatable bonds is 14. The molecule has 0 spiro atoms. The van der Waals surface area contributed by atoms with Crippen LogP contribution < -0.4 is 19.1 Å². The predicted molar refractivity (Wildman–Crippen MR) is 164 cm³/mol. The van der Waals surface area contributed by atoms with Crippen molar-refractivity contribution in [1.29, 1.82) is 0 Å². The summed E-state index contributed by atoms with van der Waals surface area (Å²) in [6.45, 7) is 7.48. The van der Waals surface area contributed by atoms with Crippen molar-refractivity contribution in [2.24, 2.45) is 0 Å². The lowest BCUT2D eigenvalue weighted by Crippen LogP contribution is -2.52. The molecule has 0 radical (unpaired) electrons. The molecule has 0 aliphatic rings. The minimum Gasteiger partial charge on any atom is -0.497 e. The van der Waals surface area contributed by atoms with Gasteiger partial charge < -0.3 is 19.7 Å². The van der Waals surface area contributed by atoms with E-state index in [1.165, 1.54) is 24.1 Å². The van der Waals surface area contributed by atoms with Crippen molar-refractivity contribution in [2.75, 3.05) is 31.6 Å². The number of aryl methyl sites for hydroxylation is 2. The monoisotopic (exact) mass is 595 g/mol. The summed E-state index contributed by atoms with van der Waals surface area (Å²) in [4.78, 5) is 29.0. The van der Waals surface area contributed by atoms with Gasteiger partial charge in [0.25, 0.3) is 10.0 Å². The molecular weight excluding hydrogens is 554 g/mol. The van der Waals surface area contributed by atoms with E-state index >= 15 is 0 Å². The Morgan fingerprint density at radius 2 is 1.60 bits per heavy atom. The van der Waals surface area contributed by atoms with E-state index in [2.05, 4.69) is 5.32 Å². The summed E-state index contributed by atoms with van der Waals surface area (Å²) in [6.07, 6.45) is 1.07. The van der Waals surface area contributed by atoms with Gasteiger partial charge >= 0.3 is 0 Å². The molecule has 0 heterocycles. The fraction of sp³-hybridized carbons (Fsp3) is 0.375. The standard InChI is InChI=1S/C32H41N3O6S/c1-7-18-33-32(37)28(8-2)34(21-25-10-9-11-26(20-25)40-5)31(36)22-35(29-19-24(4)14-17-30(29)41-6)42(38,39)27-15-12-23(3)13-16-27/h9-17,19-20,28H,7-8,18,21-22H2,1-6H3,(H,33,37). The first-order valence-corrected chi connectivity index (χ1v) is 15.4. The van der Waals surface area contributed by atoms with Crippen LogP contribution in [0.25, 0.3) is 0 Å². The number of benzene rings is 3. The summed E-state index contributed by atoms with van der Waals surface area (Å²) >= 11 is 0. The van der Waals surface area contributed by atoms with Gasteiger partial charge in [-0.25, -0.2) is 8.42 Å². The molecule has 0 saturated heterocycles. The first-order chi connectivity index (χ1) is 20.0. The van der Waals surface area contributed by atoms with Crippen LogP contribution in [-0.2, 0) is 26.2 Å². The van der Waals surface area contributed by atoms with E-state index in [1.54, 1.807) is 55.6 Å². The molecule has 0 aliphatic carbocycles. The molecule has 42 heavy (non-hydrogen) atoms. The van der Waals surface area contributed by atoms with Gasteiger partial charge in [0, 0.05) is 13.1 Å². The molecule has 3 aromatic carbocycles. The Bertz CT molecular complexity index is 1470. The molecule has 9 nitrogen and oxygen atoms in total. The molecule has 2 amide bonds. The Kier molecular flexibility index (Phi) is 11.4. The van der Waals surface area contributed by atoms with E-state index < -0.39 is 28.5 Å². The van der Waals surface area contributed by atoms with Crippen molar-refractivity contribution < 1.29 is 27.5 Å². The first kappa shape index (κ1) is 32.5. The zero-order chi connectivity index (χ0) is 30.9. The third kappa shape index (κ3) is 7.82. The molecule has 10 heteroatoms. The second-order valence-electron chi connectivity index (χ2n) is 10.1. The lowest BCUT2D eigenvalue weighted by molar-refractivity contribution is -0.140. The highest BCUT2D eigenvalue weighted by molar-refractivity contribution is 7.92. The maximum absolute atomic E-state index is 14.2. The van der Waals surface area contributed by atoms with Crippen molar-refractivity contribution in [3.63, 3.8) is 0 Å². The van der Waals surface area contributed by atoms with Crippen LogP contribution in [0.1, 0.15) is 43.4 Å². The molecular formula is C32H41N3O6S. The fourth-order valence-electron chi connectivity index (χ4n) is 4.60. The molecule has 0 bridgehead atoms. The zero-order valence-corrected chi connectivity index (χ0v) is 26.0. The number of methoxy groups -OCH3 is 2. The molecule has 1 N–H and O–H groups in total. The maximum atomic E-state index is 14.2. The first-order valence-electron chi connectivity index (χ1n) is 14.0. The fourth-order valence-corrected chi connectivity index (χ4v) is 6.02. The molecule has 226 valence electrons. The van der Waals surface area contributed by atoms with Crippen molar-refractivity contribution in [1.82, 2.24) is 10.2 Å². The molecule has 0 saturated carbocycles. The quantitative estimate of drug-likeness (QED) is 0.286. The van der Waals surface area contributed by atoms with Gasteiger partial charge in [-0.2, -0.15) is 0 Å². The lowest BCUT2D eigenvalue weighted by Gasteiger charge is -2.33. The normalized spacial score (nSPS) is 11.9. The number of ether oxygens (including phenoxy) is 2. The van der Waals surface area contributed by atoms with Crippen LogP contribution in [0.2, 0.25) is 0 Å². The Hall–Kier alpha value is -4.05. The molecule has 1 atom stereocenters. The zero-order valence-electron chi connectivity index (χ0n) is 25.2. The van der Waals surface area contributed by atoms with E-state index in [-0.39, 0.29) is 23.0 Å². The molecule has 0 fully saturated rings. The number of hydrogen-bond acceptors (Lipinski definition) is 6. The second-order valence-corrected chi connectivity index (χ2v) is 12.0. The summed E-state index contributed by atoms with van der Waals surface area (Å²) in [7, 11) is -1.21. The summed E-state index contributed by atoms with van der Waals surface area (Å²) in [5.74, 6) is 0.0832. The maximum Gasteiger partial charge on any atom is 0.264 e. The predicted octanol–water partition coefficient (Wildman–Crippen LogP) is 4.85. The van der Waals surface area contributed by atoms with E-state index in [9.17, 15) is 18.0 Å². The summed E-state index contributed by atoms with van der Waals surface area (Å²) in [5.41, 5.74) is 2.67. The van der Waals surface area contributed by atoms with Crippen molar-refractivity contribution in [3.05, 3.63) is 83.4 Å². The summed E-state index contributed by atoms with van der Waals surface area (Å²) in [5, 5.41) is 2.89. The number of nitrogens with zero attached hydrogens (tertiary/aromatic N) is 2. The van der Waals surface area contributed by atoms with Gasteiger partial charge in [0.2, 0.25) is 11.8 Å². The molecule has 0 aromatic heterocycles. The minimum atomic E-state index is -4.21. The Morgan fingerprint density at radius 1 is 0.905 bits per heavy atom. The van der Waals surface area contributed by atoms with Crippen LogP contribution in [0.15, 0.2) is 71.6 Å². The number of nitrogens with one attached hydrogen (secondary N) is 1. The van der Waals surface area contributed by atoms with E-state index in [0.29, 0.717) is 24.5 Å². The third-order valence-corrected chi connectivity index (χ3v) is 8.69. The van der Waals surface area contributed by atoms with Crippen LogP contribution in [0.3, 0.4) is 0 Å². The number of carbonyl (C=O) groups excluding carboxylic acids is 2. The van der Waals surface area contributed by atoms with Gasteiger partial charge in [-0.05, 0) is 74.2 Å². The van der Waals surface area contributed by atoms with Crippen LogP contribution in [0, 0.1) is 13.8 Å². The van der Waals surface area contributed by atoms with E-state index in [1.807, 2.05) is 33.8 Å². The highest BCUT2D eigenvalue weighted by Crippen LogP contribution is 2.34. The number of sulfonamides is 1. The largest absolute Gasteiger partial charge is 0.497 e. The number of carbonyl (C=O) groups is 2. The molecule has 1 unspecified atom stereocenters. The number of amides is 2. The van der Waals surface area contributed by atoms with Crippen molar-refractivity contribution >= 4 is 27.5 Å². The van der Waals surface area contributed by atoms with Crippen LogP contribution in [0.5, 0.6) is 11.5 Å². The SMILES string of the molecule is CCCNC(=O)C(CC)N(Cc1cccc(OC)c1)C(=O)CN(c1cc(C)ccc1OC)S(=O)(=O)c1ccc(C)cc1. The van der Waals surface area contributed by atoms with Crippen molar-refractivity contribution in [2.45, 2.75) is 58.0 Å². The molecule has 3 rings (SSSR count). The lowest BCUT2D eigenvalue weighted by atomic mass is 10.1. The summed E-state index contributed by atoms with van der Waals surface area (Å²) in [6, 6.07) is 18.0. The smallest absolute Gasteiger partial charge is 0.264 e.